The zero-order valence-electron chi connectivity index (χ0n) is 14.9. The molecule has 2 rings (SSSR count). The maximum absolute atomic E-state index is 5.35. The van der Waals surface area contributed by atoms with E-state index in [1.54, 1.807) is 13.4 Å². The molecule has 25 heavy (non-hydrogen) atoms. The molecule has 2 aromatic rings. The lowest BCUT2D eigenvalue weighted by Crippen LogP contribution is -2.44. The zero-order valence-corrected chi connectivity index (χ0v) is 15.7. The maximum Gasteiger partial charge on any atom is 0.191 e. The molecule has 0 spiro atoms. The van der Waals surface area contributed by atoms with Gasteiger partial charge in [-0.25, -0.2) is 0 Å². The Morgan fingerprint density at radius 2 is 2.08 bits per heavy atom. The average Bonchev–Trinajstić information content (AvgIpc) is 3.13. The van der Waals surface area contributed by atoms with Crippen LogP contribution in [0.25, 0.3) is 0 Å². The standard InChI is InChI=1S/C19H27N3O2S/c1-16(15-23-2)22-19(20-11-10-17-7-6-13-24-17)21-12-14-25-18-8-4-3-5-9-18/h3-9,13,16H,10-12,14-15H2,1-2H3,(H2,20,21,22). The first-order chi connectivity index (χ1) is 12.3. The van der Waals surface area contributed by atoms with Crippen LogP contribution in [0.1, 0.15) is 12.7 Å². The lowest BCUT2D eigenvalue weighted by molar-refractivity contribution is 0.179. The van der Waals surface area contributed by atoms with Gasteiger partial charge in [0.05, 0.1) is 12.9 Å². The number of hydrogen-bond acceptors (Lipinski definition) is 4. The van der Waals surface area contributed by atoms with Crippen molar-refractivity contribution in [2.24, 2.45) is 4.99 Å². The summed E-state index contributed by atoms with van der Waals surface area (Å²) in [7, 11) is 1.70. The van der Waals surface area contributed by atoms with Gasteiger partial charge in [-0.05, 0) is 31.2 Å². The van der Waals surface area contributed by atoms with Gasteiger partial charge < -0.3 is 19.8 Å². The van der Waals surface area contributed by atoms with Crippen LogP contribution >= 0.6 is 11.8 Å². The van der Waals surface area contributed by atoms with E-state index in [1.165, 1.54) is 4.90 Å². The van der Waals surface area contributed by atoms with Gasteiger partial charge in [-0.3, -0.25) is 4.99 Å². The summed E-state index contributed by atoms with van der Waals surface area (Å²) < 4.78 is 10.5. The molecule has 0 aliphatic carbocycles. The third-order valence-corrected chi connectivity index (χ3v) is 4.43. The fraction of sp³-hybridized carbons (Fsp3) is 0.421. The summed E-state index contributed by atoms with van der Waals surface area (Å²) >= 11 is 1.83. The Morgan fingerprint density at radius 3 is 2.80 bits per heavy atom. The van der Waals surface area contributed by atoms with Crippen molar-refractivity contribution in [3.63, 3.8) is 0 Å². The first-order valence-corrected chi connectivity index (χ1v) is 9.50. The van der Waals surface area contributed by atoms with Crippen molar-refractivity contribution in [1.82, 2.24) is 10.6 Å². The van der Waals surface area contributed by atoms with E-state index in [4.69, 9.17) is 9.15 Å². The van der Waals surface area contributed by atoms with Crippen LogP contribution in [0.15, 0.2) is 63.0 Å². The van der Waals surface area contributed by atoms with Gasteiger partial charge in [-0.1, -0.05) is 18.2 Å². The van der Waals surface area contributed by atoms with Crippen molar-refractivity contribution in [3.8, 4) is 0 Å². The van der Waals surface area contributed by atoms with E-state index in [-0.39, 0.29) is 6.04 Å². The molecule has 0 aliphatic rings. The van der Waals surface area contributed by atoms with Gasteiger partial charge in [-0.15, -0.1) is 11.8 Å². The molecule has 0 bridgehead atoms. The van der Waals surface area contributed by atoms with Gasteiger partial charge in [0.2, 0.25) is 0 Å². The Morgan fingerprint density at radius 1 is 1.24 bits per heavy atom. The molecule has 0 radical (unpaired) electrons. The molecule has 0 aliphatic heterocycles. The molecular weight excluding hydrogens is 334 g/mol. The summed E-state index contributed by atoms with van der Waals surface area (Å²) in [6.45, 7) is 4.23. The molecule has 1 atom stereocenters. The van der Waals surface area contributed by atoms with Gasteiger partial charge in [0.15, 0.2) is 5.96 Å². The number of guanidine groups is 1. The number of hydrogen-bond donors (Lipinski definition) is 2. The number of methoxy groups -OCH3 is 1. The Kier molecular flexibility index (Phi) is 9.01. The number of nitrogens with one attached hydrogen (secondary N) is 2. The minimum Gasteiger partial charge on any atom is -0.469 e. The molecule has 0 saturated carbocycles. The zero-order chi connectivity index (χ0) is 17.7. The molecule has 0 saturated heterocycles. The van der Waals surface area contributed by atoms with E-state index >= 15 is 0 Å². The van der Waals surface area contributed by atoms with Gasteiger partial charge in [0.25, 0.3) is 0 Å². The average molecular weight is 362 g/mol. The predicted octanol–water partition coefficient (Wildman–Crippen LogP) is 3.18. The summed E-state index contributed by atoms with van der Waals surface area (Å²) in [6.07, 6.45) is 2.48. The number of rotatable bonds is 10. The van der Waals surface area contributed by atoms with Crippen LogP contribution in [0.3, 0.4) is 0 Å². The molecule has 0 amide bonds. The summed E-state index contributed by atoms with van der Waals surface area (Å²) in [6, 6.07) is 14.5. The lowest BCUT2D eigenvalue weighted by atomic mass is 10.3. The quantitative estimate of drug-likeness (QED) is 0.295. The number of nitrogens with zero attached hydrogens (tertiary/aromatic N) is 1. The van der Waals surface area contributed by atoms with E-state index in [0.717, 1.165) is 30.4 Å². The number of benzene rings is 1. The number of furan rings is 1. The highest BCUT2D eigenvalue weighted by atomic mass is 32.2. The Balaban J connectivity index is 1.78. The summed E-state index contributed by atoms with van der Waals surface area (Å²) in [5, 5.41) is 6.76. The molecule has 1 aromatic heterocycles. The van der Waals surface area contributed by atoms with Crippen molar-refractivity contribution < 1.29 is 9.15 Å². The number of ether oxygens (including phenoxy) is 1. The molecule has 1 unspecified atom stereocenters. The first-order valence-electron chi connectivity index (χ1n) is 8.52. The number of aliphatic imine (C=N–C) groups is 1. The highest BCUT2D eigenvalue weighted by Crippen LogP contribution is 2.15. The maximum atomic E-state index is 5.35. The van der Waals surface area contributed by atoms with Crippen molar-refractivity contribution in [1.29, 1.82) is 0 Å². The monoisotopic (exact) mass is 361 g/mol. The Bertz CT molecular complexity index is 602. The first kappa shape index (κ1) is 19.4. The molecule has 136 valence electrons. The molecule has 5 nitrogen and oxygen atoms in total. The summed E-state index contributed by atoms with van der Waals surface area (Å²) in [5.41, 5.74) is 0. The third kappa shape index (κ3) is 8.14. The third-order valence-electron chi connectivity index (χ3n) is 3.41. The smallest absolute Gasteiger partial charge is 0.191 e. The van der Waals surface area contributed by atoms with Gasteiger partial charge >= 0.3 is 0 Å². The van der Waals surface area contributed by atoms with Gasteiger partial charge in [0.1, 0.15) is 5.76 Å². The molecule has 2 N–H and O–H groups in total. The lowest BCUT2D eigenvalue weighted by Gasteiger charge is -2.17. The predicted molar refractivity (Wildman–Crippen MR) is 104 cm³/mol. The van der Waals surface area contributed by atoms with Crippen LogP contribution in [-0.2, 0) is 11.2 Å². The minimum absolute atomic E-state index is 0.196. The summed E-state index contributed by atoms with van der Waals surface area (Å²) in [5.74, 6) is 2.74. The van der Waals surface area contributed by atoms with Crippen LogP contribution in [0, 0.1) is 0 Å². The van der Waals surface area contributed by atoms with E-state index in [2.05, 4.69) is 46.8 Å². The van der Waals surface area contributed by atoms with Crippen LogP contribution in [-0.4, -0.2) is 44.6 Å². The SMILES string of the molecule is COCC(C)NC(=NCCc1ccco1)NCCSc1ccccc1. The van der Waals surface area contributed by atoms with Crippen LogP contribution in [0.5, 0.6) is 0 Å². The van der Waals surface area contributed by atoms with Gasteiger partial charge in [-0.2, -0.15) is 0 Å². The van der Waals surface area contributed by atoms with E-state index in [9.17, 15) is 0 Å². The molecular formula is C19H27N3O2S. The van der Waals surface area contributed by atoms with Crippen molar-refractivity contribution in [2.45, 2.75) is 24.3 Å². The second-order valence-corrected chi connectivity index (χ2v) is 6.82. The van der Waals surface area contributed by atoms with Crippen LogP contribution in [0.2, 0.25) is 0 Å². The van der Waals surface area contributed by atoms with Crippen LogP contribution in [0.4, 0.5) is 0 Å². The molecule has 1 heterocycles. The number of thioether (sulfide) groups is 1. The van der Waals surface area contributed by atoms with Gasteiger partial charge in [0, 0.05) is 43.3 Å². The van der Waals surface area contributed by atoms with E-state index in [1.807, 2.05) is 30.0 Å². The van der Waals surface area contributed by atoms with E-state index < -0.39 is 0 Å². The molecule has 1 aromatic carbocycles. The van der Waals surface area contributed by atoms with Crippen molar-refractivity contribution >= 4 is 17.7 Å². The minimum atomic E-state index is 0.196. The Hall–Kier alpha value is -1.92. The van der Waals surface area contributed by atoms with Crippen molar-refractivity contribution in [3.05, 3.63) is 54.5 Å². The highest BCUT2D eigenvalue weighted by Gasteiger charge is 2.05. The largest absolute Gasteiger partial charge is 0.469 e. The molecule has 6 heteroatoms. The topological polar surface area (TPSA) is 58.8 Å². The summed E-state index contributed by atoms with van der Waals surface area (Å²) in [4.78, 5) is 5.91. The normalized spacial score (nSPS) is 12.8. The highest BCUT2D eigenvalue weighted by molar-refractivity contribution is 7.99. The fourth-order valence-electron chi connectivity index (χ4n) is 2.27. The van der Waals surface area contributed by atoms with Crippen molar-refractivity contribution in [2.75, 3.05) is 32.6 Å². The molecule has 0 fully saturated rings. The fourth-order valence-corrected chi connectivity index (χ4v) is 3.05. The second-order valence-electron chi connectivity index (χ2n) is 5.65. The second kappa shape index (κ2) is 11.6. The van der Waals surface area contributed by atoms with E-state index in [0.29, 0.717) is 13.2 Å². The van der Waals surface area contributed by atoms with Crippen LogP contribution < -0.4 is 10.6 Å². The Labute approximate surface area is 154 Å².